The Morgan fingerprint density at radius 3 is 2.41 bits per heavy atom. The van der Waals surface area contributed by atoms with Crippen molar-refractivity contribution in [2.75, 3.05) is 0 Å². The van der Waals surface area contributed by atoms with Crippen LogP contribution >= 0.6 is 0 Å². The quantitative estimate of drug-likeness (QED) is 0.553. The van der Waals surface area contributed by atoms with Gasteiger partial charge in [-0.2, -0.15) is 0 Å². The van der Waals surface area contributed by atoms with Gasteiger partial charge in [-0.15, -0.1) is 0 Å². The molecule has 0 saturated heterocycles. The maximum absolute atomic E-state index is 12.3. The first-order chi connectivity index (χ1) is 10.4. The van der Waals surface area contributed by atoms with Crippen LogP contribution in [0.2, 0.25) is 0 Å². The Hall–Kier alpha value is -2.73. The summed E-state index contributed by atoms with van der Waals surface area (Å²) >= 11 is 0. The smallest absolute Gasteiger partial charge is 0.347 e. The number of esters is 1. The third-order valence-electron chi connectivity index (χ3n) is 3.55. The highest BCUT2D eigenvalue weighted by Crippen LogP contribution is 2.45. The molecule has 2 aromatic carbocycles. The molecule has 2 aromatic rings. The van der Waals surface area contributed by atoms with E-state index in [1.807, 2.05) is 0 Å². The van der Waals surface area contributed by atoms with E-state index in [4.69, 9.17) is 9.47 Å². The van der Waals surface area contributed by atoms with Gasteiger partial charge in [0.15, 0.2) is 17.2 Å². The van der Waals surface area contributed by atoms with Crippen molar-refractivity contribution in [3.8, 4) is 28.7 Å². The van der Waals surface area contributed by atoms with Gasteiger partial charge < -0.3 is 24.8 Å². The summed E-state index contributed by atoms with van der Waals surface area (Å²) in [6, 6.07) is 4.11. The molecular formula is C16H14O6. The highest BCUT2D eigenvalue weighted by molar-refractivity contribution is 5.98. The Labute approximate surface area is 126 Å². The Kier molecular flexibility index (Phi) is 3.18. The molecule has 0 fully saturated rings. The summed E-state index contributed by atoms with van der Waals surface area (Å²) in [5.41, 5.74) is 1.26. The molecule has 0 unspecified atom stereocenters. The second kappa shape index (κ2) is 4.92. The van der Waals surface area contributed by atoms with E-state index in [9.17, 15) is 20.1 Å². The van der Waals surface area contributed by atoms with Gasteiger partial charge >= 0.3 is 5.97 Å². The number of phenols is 2. The number of rotatable bonds is 1. The topological polar surface area (TPSA) is 96.2 Å². The molecule has 0 aliphatic carbocycles. The number of carbonyl (C=O) groups excluding carboxylic acids is 1. The number of fused-ring (bicyclic) bond motifs is 2. The second-order valence-electron chi connectivity index (χ2n) is 5.13. The number of aliphatic hydroxyl groups is 1. The number of hydrogen-bond acceptors (Lipinski definition) is 6. The van der Waals surface area contributed by atoms with Gasteiger partial charge in [-0.05, 0) is 37.1 Å². The number of aryl methyl sites for hydroxylation is 2. The maximum Gasteiger partial charge on any atom is 0.347 e. The van der Waals surface area contributed by atoms with Crippen LogP contribution < -0.4 is 9.47 Å². The van der Waals surface area contributed by atoms with E-state index in [1.54, 1.807) is 13.8 Å². The first kappa shape index (κ1) is 14.2. The predicted octanol–water partition coefficient (Wildman–Crippen LogP) is 2.53. The predicted molar refractivity (Wildman–Crippen MR) is 76.6 cm³/mol. The lowest BCUT2D eigenvalue weighted by molar-refractivity contribution is 0.0736. The van der Waals surface area contributed by atoms with E-state index in [-0.39, 0.29) is 39.9 Å². The van der Waals surface area contributed by atoms with Gasteiger partial charge in [0.05, 0.1) is 12.2 Å². The van der Waals surface area contributed by atoms with Crippen LogP contribution in [0.15, 0.2) is 18.2 Å². The van der Waals surface area contributed by atoms with E-state index in [2.05, 4.69) is 0 Å². The summed E-state index contributed by atoms with van der Waals surface area (Å²) < 4.78 is 11.0. The molecule has 0 radical (unpaired) electrons. The molecular weight excluding hydrogens is 288 g/mol. The fourth-order valence-corrected chi connectivity index (χ4v) is 2.51. The van der Waals surface area contributed by atoms with Crippen LogP contribution in [0.4, 0.5) is 0 Å². The standard InChI is InChI=1S/C16H14O6/c1-7-4-11(19)10(6-17)15-13(7)16(20)21-12-5-9(18)3-8(2)14(12)22-15/h3-5,17-19H,6H2,1-2H3. The lowest BCUT2D eigenvalue weighted by atomic mass is 10.0. The first-order valence-electron chi connectivity index (χ1n) is 6.62. The minimum atomic E-state index is -0.675. The van der Waals surface area contributed by atoms with Crippen molar-refractivity contribution in [1.29, 1.82) is 0 Å². The van der Waals surface area contributed by atoms with Gasteiger partial charge in [0.2, 0.25) is 0 Å². The van der Waals surface area contributed by atoms with Crippen molar-refractivity contribution in [3.63, 3.8) is 0 Å². The van der Waals surface area contributed by atoms with E-state index in [0.29, 0.717) is 11.1 Å². The molecule has 0 atom stereocenters. The Morgan fingerprint density at radius 1 is 1.00 bits per heavy atom. The second-order valence-corrected chi connectivity index (χ2v) is 5.13. The number of ether oxygens (including phenoxy) is 2. The molecule has 22 heavy (non-hydrogen) atoms. The van der Waals surface area contributed by atoms with Crippen LogP contribution in [0.1, 0.15) is 27.0 Å². The van der Waals surface area contributed by atoms with Crippen molar-refractivity contribution in [1.82, 2.24) is 0 Å². The fraction of sp³-hybridized carbons (Fsp3) is 0.188. The summed E-state index contributed by atoms with van der Waals surface area (Å²) in [6.07, 6.45) is 0. The van der Waals surface area contributed by atoms with Gasteiger partial charge in [-0.25, -0.2) is 4.79 Å². The van der Waals surface area contributed by atoms with Crippen LogP contribution in [0.25, 0.3) is 0 Å². The maximum atomic E-state index is 12.3. The molecule has 0 amide bonds. The number of phenolic OH excluding ortho intramolecular Hbond substituents is 1. The molecule has 0 bridgehead atoms. The zero-order valence-electron chi connectivity index (χ0n) is 12.0. The van der Waals surface area contributed by atoms with Gasteiger partial charge in [0, 0.05) is 6.07 Å². The van der Waals surface area contributed by atoms with Gasteiger partial charge in [0.1, 0.15) is 17.1 Å². The Bertz CT molecular complexity index is 794. The van der Waals surface area contributed by atoms with Crippen molar-refractivity contribution >= 4 is 5.97 Å². The zero-order chi connectivity index (χ0) is 16.0. The molecule has 0 spiro atoms. The minimum absolute atomic E-state index is 0.0550. The molecule has 6 nitrogen and oxygen atoms in total. The number of hydrogen-bond donors (Lipinski definition) is 3. The summed E-state index contributed by atoms with van der Waals surface area (Å²) in [6.45, 7) is 2.82. The van der Waals surface area contributed by atoms with Crippen molar-refractivity contribution in [3.05, 3.63) is 40.5 Å². The van der Waals surface area contributed by atoms with E-state index in [1.165, 1.54) is 18.2 Å². The minimum Gasteiger partial charge on any atom is -0.508 e. The Morgan fingerprint density at radius 2 is 1.73 bits per heavy atom. The van der Waals surface area contributed by atoms with E-state index in [0.717, 1.165) is 0 Å². The number of carbonyl (C=O) groups is 1. The number of aliphatic hydroxyl groups excluding tert-OH is 1. The summed E-state index contributed by atoms with van der Waals surface area (Å²) in [5, 5.41) is 29.1. The Balaban J connectivity index is 2.31. The van der Waals surface area contributed by atoms with Crippen LogP contribution in [-0.4, -0.2) is 21.3 Å². The summed E-state index contributed by atoms with van der Waals surface area (Å²) in [5.74, 6) is -0.485. The third-order valence-corrected chi connectivity index (χ3v) is 3.55. The van der Waals surface area contributed by atoms with Crippen LogP contribution in [0.5, 0.6) is 28.7 Å². The van der Waals surface area contributed by atoms with Gasteiger partial charge in [-0.1, -0.05) is 0 Å². The summed E-state index contributed by atoms with van der Waals surface area (Å²) in [4.78, 5) is 12.3. The zero-order valence-corrected chi connectivity index (χ0v) is 12.0. The molecule has 1 aliphatic rings. The van der Waals surface area contributed by atoms with E-state index >= 15 is 0 Å². The molecule has 6 heteroatoms. The van der Waals surface area contributed by atoms with Crippen molar-refractivity contribution in [2.45, 2.75) is 20.5 Å². The van der Waals surface area contributed by atoms with E-state index < -0.39 is 12.6 Å². The normalized spacial score (nSPS) is 12.8. The highest BCUT2D eigenvalue weighted by atomic mass is 16.6. The first-order valence-corrected chi connectivity index (χ1v) is 6.62. The molecule has 114 valence electrons. The van der Waals surface area contributed by atoms with Crippen LogP contribution in [-0.2, 0) is 6.61 Å². The monoisotopic (exact) mass is 302 g/mol. The molecule has 0 aromatic heterocycles. The summed E-state index contributed by atoms with van der Waals surface area (Å²) in [7, 11) is 0. The molecule has 3 rings (SSSR count). The molecule has 3 N–H and O–H groups in total. The molecule has 1 heterocycles. The van der Waals surface area contributed by atoms with Gasteiger partial charge in [0.25, 0.3) is 0 Å². The van der Waals surface area contributed by atoms with Crippen molar-refractivity contribution in [2.24, 2.45) is 0 Å². The lowest BCUT2D eigenvalue weighted by Gasteiger charge is -2.15. The average molecular weight is 302 g/mol. The molecule has 1 aliphatic heterocycles. The molecule has 0 saturated carbocycles. The lowest BCUT2D eigenvalue weighted by Crippen LogP contribution is -2.10. The largest absolute Gasteiger partial charge is 0.508 e. The third kappa shape index (κ3) is 2.05. The number of aromatic hydroxyl groups is 2. The van der Waals surface area contributed by atoms with Crippen LogP contribution in [0.3, 0.4) is 0 Å². The van der Waals surface area contributed by atoms with Gasteiger partial charge in [-0.3, -0.25) is 0 Å². The average Bonchev–Trinajstić information content (AvgIpc) is 2.55. The fourth-order valence-electron chi connectivity index (χ4n) is 2.51. The van der Waals surface area contributed by atoms with Crippen LogP contribution in [0, 0.1) is 13.8 Å². The SMILES string of the molecule is Cc1cc(O)cc2c1Oc1c(CO)c(O)cc(C)c1C(=O)O2. The van der Waals surface area contributed by atoms with Crippen molar-refractivity contribution < 1.29 is 29.6 Å². The number of benzene rings is 2. The highest BCUT2D eigenvalue weighted by Gasteiger charge is 2.30.